The number of ether oxygens (including phenoxy) is 3. The van der Waals surface area contributed by atoms with Crippen molar-refractivity contribution in [3.63, 3.8) is 0 Å². The minimum Gasteiger partial charge on any atom is -0.494 e. The lowest BCUT2D eigenvalue weighted by Gasteiger charge is -2.35. The van der Waals surface area contributed by atoms with Crippen molar-refractivity contribution >= 4 is 58.5 Å². The van der Waals surface area contributed by atoms with Gasteiger partial charge in [-0.15, -0.1) is 0 Å². The lowest BCUT2D eigenvalue weighted by molar-refractivity contribution is -0.144. The van der Waals surface area contributed by atoms with Gasteiger partial charge in [0.15, 0.2) is 5.11 Å². The van der Waals surface area contributed by atoms with E-state index in [2.05, 4.69) is 20.6 Å². The molecule has 0 saturated carbocycles. The first-order valence-corrected chi connectivity index (χ1v) is 24.8. The maximum Gasteiger partial charge on any atom is 0.417 e. The molecule has 16 nitrogen and oxygen atoms in total. The van der Waals surface area contributed by atoms with Gasteiger partial charge >= 0.3 is 6.18 Å². The normalized spacial score (nSPS) is 17.9. The lowest BCUT2D eigenvalue weighted by Crippen LogP contribution is -2.58. The summed E-state index contributed by atoms with van der Waals surface area (Å²) in [4.78, 5) is 66.6. The van der Waals surface area contributed by atoms with Crippen LogP contribution in [0.15, 0.2) is 84.1 Å². The Morgan fingerprint density at radius 3 is 2.23 bits per heavy atom. The molecule has 6 rings (SSSR count). The van der Waals surface area contributed by atoms with Gasteiger partial charge in [-0.05, 0) is 106 Å². The van der Waals surface area contributed by atoms with Crippen LogP contribution in [0.5, 0.6) is 5.75 Å². The number of nitrogens with zero attached hydrogens (tertiary/aromatic N) is 6. The van der Waals surface area contributed by atoms with Crippen LogP contribution in [0, 0.1) is 5.41 Å². The van der Waals surface area contributed by atoms with Crippen molar-refractivity contribution in [3.05, 3.63) is 95.8 Å². The van der Waals surface area contributed by atoms with Gasteiger partial charge in [0, 0.05) is 82.3 Å². The fourth-order valence-electron chi connectivity index (χ4n) is 8.81. The molecule has 2 aliphatic rings. The third-order valence-electron chi connectivity index (χ3n) is 12.8. The van der Waals surface area contributed by atoms with E-state index in [4.69, 9.17) is 26.4 Å². The summed E-state index contributed by atoms with van der Waals surface area (Å²) in [5.41, 5.74) is -0.545. The van der Waals surface area contributed by atoms with E-state index in [1.165, 1.54) is 24.1 Å². The number of unbranched alkanes of at least 4 members (excludes halogenated alkanes) is 2. The molecule has 4 atom stereocenters. The summed E-state index contributed by atoms with van der Waals surface area (Å²) in [6, 6.07) is 16.1. The monoisotopic (exact) mass is 1030 g/mol. The Kier molecular flexibility index (Phi) is 18.6. The second-order valence-corrected chi connectivity index (χ2v) is 20.2. The maximum atomic E-state index is 14.0. The number of anilines is 2. The van der Waals surface area contributed by atoms with Crippen molar-refractivity contribution in [2.75, 3.05) is 56.4 Å². The maximum absolute atomic E-state index is 14.0. The Labute approximate surface area is 430 Å². The second-order valence-electron chi connectivity index (χ2n) is 19.9. The Balaban J connectivity index is 0.861. The van der Waals surface area contributed by atoms with Gasteiger partial charge in [-0.3, -0.25) is 29.1 Å². The molecular weight excluding hydrogens is 966 g/mol. The van der Waals surface area contributed by atoms with Crippen LogP contribution in [0.3, 0.4) is 0 Å². The first-order chi connectivity index (χ1) is 34.5. The Hall–Kier alpha value is -6.22. The topological polar surface area (TPSA) is 180 Å². The van der Waals surface area contributed by atoms with Gasteiger partial charge in [0.2, 0.25) is 17.7 Å². The number of amides is 4. The Morgan fingerprint density at radius 2 is 1.59 bits per heavy atom. The van der Waals surface area contributed by atoms with E-state index >= 15 is 0 Å². The summed E-state index contributed by atoms with van der Waals surface area (Å²) in [5, 5.41) is 16.5. The fourth-order valence-corrected chi connectivity index (χ4v) is 9.33. The molecule has 0 radical (unpaired) electrons. The molecule has 394 valence electrons. The van der Waals surface area contributed by atoms with Crippen molar-refractivity contribution in [2.45, 2.75) is 110 Å². The number of aliphatic imine (C=N–C) groups is 1. The van der Waals surface area contributed by atoms with E-state index in [0.717, 1.165) is 53.4 Å². The summed E-state index contributed by atoms with van der Waals surface area (Å²) >= 11 is 5.69. The van der Waals surface area contributed by atoms with Crippen LogP contribution in [0.1, 0.15) is 96.4 Å². The number of rotatable bonds is 22. The molecule has 2 fully saturated rings. The lowest BCUT2D eigenvalue weighted by atomic mass is 9.85. The van der Waals surface area contributed by atoms with Gasteiger partial charge in [-0.1, -0.05) is 51.1 Å². The fraction of sp³-hybridized carbons (Fsp3) is 0.491. The molecule has 2 aliphatic heterocycles. The zero-order valence-electron chi connectivity index (χ0n) is 42.7. The van der Waals surface area contributed by atoms with Crippen LogP contribution in [-0.2, 0) is 41.9 Å². The van der Waals surface area contributed by atoms with Gasteiger partial charge in [0.25, 0.3) is 5.91 Å². The van der Waals surface area contributed by atoms with E-state index in [9.17, 15) is 37.5 Å². The van der Waals surface area contributed by atoms with Crippen molar-refractivity contribution in [1.29, 1.82) is 0 Å². The highest BCUT2D eigenvalue weighted by molar-refractivity contribution is 7.81. The van der Waals surface area contributed by atoms with E-state index in [1.807, 2.05) is 69.8 Å². The molecule has 2 saturated heterocycles. The molecule has 3 aromatic carbocycles. The van der Waals surface area contributed by atoms with Crippen LogP contribution in [-0.4, -0.2) is 125 Å². The number of carbonyl (C=O) groups is 4. The molecule has 20 heteroatoms. The molecule has 1 aromatic heterocycles. The van der Waals surface area contributed by atoms with Crippen molar-refractivity contribution in [1.82, 2.24) is 25.1 Å². The highest BCUT2D eigenvalue weighted by Gasteiger charge is 2.51. The molecule has 3 N–H and O–H groups in total. The number of imidazole rings is 1. The summed E-state index contributed by atoms with van der Waals surface area (Å²) in [5.74, 6) is -0.370. The molecule has 0 unspecified atom stereocenters. The minimum absolute atomic E-state index is 0.0114. The average molecular weight is 1030 g/mol. The van der Waals surface area contributed by atoms with Crippen LogP contribution < -0.4 is 25.2 Å². The molecule has 73 heavy (non-hydrogen) atoms. The third-order valence-corrected chi connectivity index (χ3v) is 13.1. The van der Waals surface area contributed by atoms with Crippen LogP contribution in [0.2, 0.25) is 0 Å². The average Bonchev–Trinajstić information content (AvgIpc) is 4.00. The molecule has 4 amide bonds. The largest absolute Gasteiger partial charge is 0.494 e. The molecular formula is C53H67F3N8O8S. The molecule has 4 aromatic rings. The first-order valence-electron chi connectivity index (χ1n) is 24.4. The number of aromatic nitrogens is 2. The highest BCUT2D eigenvalue weighted by Crippen LogP contribution is 2.40. The number of nitrogens with one attached hydrogen (secondary N) is 2. The summed E-state index contributed by atoms with van der Waals surface area (Å²) < 4.78 is 61.0. The molecule has 3 heterocycles. The van der Waals surface area contributed by atoms with Gasteiger partial charge in [0.1, 0.15) is 35.8 Å². The molecule has 0 spiro atoms. The van der Waals surface area contributed by atoms with Crippen molar-refractivity contribution < 1.29 is 51.7 Å². The van der Waals surface area contributed by atoms with Gasteiger partial charge < -0.3 is 44.3 Å². The van der Waals surface area contributed by atoms with Crippen LogP contribution in [0.4, 0.5) is 24.5 Å². The second kappa shape index (κ2) is 24.2. The minimum atomic E-state index is -4.67. The van der Waals surface area contributed by atoms with Crippen LogP contribution in [0.25, 0.3) is 11.4 Å². The summed E-state index contributed by atoms with van der Waals surface area (Å²) in [7, 11) is 3.30. The van der Waals surface area contributed by atoms with Gasteiger partial charge in [-0.25, -0.2) is 4.98 Å². The standard InChI is InChI=1S/C53H67F3N8O8S/c1-34(35-13-15-36(16-14-35)46-58-23-24-61(46)8)59-47(67)43-30-40(65)32-62(43)48(68)45(51(2,3)4)60-44(66)33-71-27-12-26-70-25-10-9-11-28-72-41-21-19-38(20-22-41)64-50(73)63(49(69)52(64,5)6)39-18-17-37(31-57-7)42(29-39)53(54,55)56/h13-24,29,31,34,40,43,45,65H,9-12,25-28,30,32-33H2,1-8H3,(H,59,67)(H,60,66)/t34-,40+,43-,45+/m0/s1. The Morgan fingerprint density at radius 1 is 0.932 bits per heavy atom. The number of thiocarbonyl (C=S) groups is 1. The van der Waals surface area contributed by atoms with E-state index in [1.54, 1.807) is 49.2 Å². The van der Waals surface area contributed by atoms with E-state index in [0.29, 0.717) is 37.7 Å². The number of carbonyl (C=O) groups excluding carboxylic acids is 4. The number of likely N-dealkylation sites (tertiary alicyclic amines) is 1. The highest BCUT2D eigenvalue weighted by atomic mass is 32.1. The number of hydrogen-bond donors (Lipinski definition) is 3. The smallest absolute Gasteiger partial charge is 0.417 e. The first kappa shape index (κ1) is 56.1. The predicted octanol–water partition coefficient (Wildman–Crippen LogP) is 7.41. The third kappa shape index (κ3) is 13.9. The van der Waals surface area contributed by atoms with E-state index < -0.39 is 64.5 Å². The van der Waals surface area contributed by atoms with Crippen molar-refractivity contribution in [2.24, 2.45) is 17.5 Å². The number of aliphatic hydroxyl groups excluding tert-OH is 1. The summed E-state index contributed by atoms with van der Waals surface area (Å²) in [6.45, 7) is 12.0. The number of hydrogen-bond acceptors (Lipinski definition) is 11. The quantitative estimate of drug-likeness (QED) is 0.0405. The van der Waals surface area contributed by atoms with Gasteiger partial charge in [0.05, 0.1) is 30.0 Å². The number of β-amino-alcohol motifs (C(OH)–C–C–N with tert-alkyl or cyclic N) is 1. The number of aliphatic hydroxyl groups is 1. The Bertz CT molecular complexity index is 2600. The zero-order chi connectivity index (χ0) is 53.3. The number of halogens is 3. The number of alkyl halides is 3. The number of benzene rings is 3. The van der Waals surface area contributed by atoms with Crippen molar-refractivity contribution in [3.8, 4) is 17.1 Å². The van der Waals surface area contributed by atoms with Crippen LogP contribution >= 0.6 is 12.2 Å². The zero-order valence-corrected chi connectivity index (χ0v) is 43.5. The summed E-state index contributed by atoms with van der Waals surface area (Å²) in [6.07, 6.45) is 2.19. The van der Waals surface area contributed by atoms with Gasteiger partial charge in [-0.2, -0.15) is 13.2 Å². The van der Waals surface area contributed by atoms with E-state index in [-0.39, 0.29) is 48.6 Å². The SMILES string of the molecule is CN=Cc1ccc(N2C(=O)C(C)(C)N(c3ccc(OCCCCCOCCCOCC(=O)N[C@H](C(=O)N4C[C@H](O)C[C@H]4C(=O)N[C@@H](C)c4ccc(-c5nccn5C)cc4)C(C)(C)C)cc3)C2=S)cc1C(F)(F)F. The molecule has 0 aliphatic carbocycles. The molecule has 0 bridgehead atoms. The predicted molar refractivity (Wildman–Crippen MR) is 276 cm³/mol. The number of aryl methyl sites for hydroxylation is 1.